The molecule has 0 atom stereocenters. The zero-order valence-corrected chi connectivity index (χ0v) is 7.78. The van der Waals surface area contributed by atoms with E-state index in [1.807, 2.05) is 12.1 Å². The predicted octanol–water partition coefficient (Wildman–Crippen LogP) is 0.162. The number of ether oxygens (including phenoxy) is 1. The van der Waals surface area contributed by atoms with Crippen LogP contribution in [0.5, 0.6) is 5.75 Å². The van der Waals surface area contributed by atoms with Gasteiger partial charge in [0.25, 0.3) is 0 Å². The first-order valence-electron chi connectivity index (χ1n) is 4.24. The highest BCUT2D eigenvalue weighted by Gasteiger charge is 2.07. The van der Waals surface area contributed by atoms with Gasteiger partial charge in [0, 0.05) is 7.05 Å². The maximum Gasteiger partial charge on any atom is 0.326 e. The molecule has 0 spiro atoms. The minimum Gasteiger partial charge on any atom is -0.476 e. The number of hydrogen-bond acceptors (Lipinski definition) is 3. The number of aromatic nitrogens is 2. The average Bonchev–Trinajstić information content (AvgIpc) is 2.45. The maximum atomic E-state index is 11.3. The second kappa shape index (κ2) is 3.19. The van der Waals surface area contributed by atoms with Crippen LogP contribution in [0.3, 0.4) is 0 Å². The van der Waals surface area contributed by atoms with Crippen molar-refractivity contribution in [2.45, 2.75) is 0 Å². The number of nitrogens with two attached hydrogens (primary N) is 1. The standard InChI is InChI=1S/C9H11N3O2/c1-12-8-6(11-9(12)13)3-2-4-7(8)14-5-10/h2-4H,5,10H2,1H3,(H,11,13). The van der Waals surface area contributed by atoms with Crippen molar-refractivity contribution >= 4 is 11.0 Å². The Kier molecular flexibility index (Phi) is 2.01. The van der Waals surface area contributed by atoms with E-state index in [0.29, 0.717) is 5.75 Å². The molecule has 0 radical (unpaired) electrons. The molecular formula is C9H11N3O2. The van der Waals surface area contributed by atoms with E-state index in [2.05, 4.69) is 4.98 Å². The molecule has 2 rings (SSSR count). The van der Waals surface area contributed by atoms with Crippen LogP contribution in [-0.4, -0.2) is 16.3 Å². The summed E-state index contributed by atoms with van der Waals surface area (Å²) in [5.74, 6) is 0.617. The number of H-pyrrole nitrogens is 1. The molecule has 5 nitrogen and oxygen atoms in total. The highest BCUT2D eigenvalue weighted by Crippen LogP contribution is 2.21. The van der Waals surface area contributed by atoms with E-state index in [9.17, 15) is 4.79 Å². The summed E-state index contributed by atoms with van der Waals surface area (Å²) < 4.78 is 6.71. The smallest absolute Gasteiger partial charge is 0.326 e. The van der Waals surface area contributed by atoms with Crippen molar-refractivity contribution in [3.05, 3.63) is 28.7 Å². The predicted molar refractivity (Wildman–Crippen MR) is 53.2 cm³/mol. The summed E-state index contributed by atoms with van der Waals surface area (Å²) >= 11 is 0. The Hall–Kier alpha value is -1.75. The van der Waals surface area contributed by atoms with Crippen molar-refractivity contribution in [1.82, 2.24) is 9.55 Å². The third-order valence-electron chi connectivity index (χ3n) is 2.12. The molecule has 0 aliphatic carbocycles. The lowest BCUT2D eigenvalue weighted by Crippen LogP contribution is -2.13. The largest absolute Gasteiger partial charge is 0.476 e. The van der Waals surface area contributed by atoms with Crippen LogP contribution in [-0.2, 0) is 7.05 Å². The van der Waals surface area contributed by atoms with E-state index in [1.54, 1.807) is 13.1 Å². The van der Waals surface area contributed by atoms with Crippen LogP contribution in [0.1, 0.15) is 0 Å². The Morgan fingerprint density at radius 2 is 2.36 bits per heavy atom. The molecule has 1 heterocycles. The van der Waals surface area contributed by atoms with Gasteiger partial charge in [0.15, 0.2) is 0 Å². The van der Waals surface area contributed by atoms with Gasteiger partial charge < -0.3 is 9.72 Å². The molecule has 0 aliphatic rings. The van der Waals surface area contributed by atoms with Crippen molar-refractivity contribution in [3.8, 4) is 5.75 Å². The molecule has 1 aromatic carbocycles. The van der Waals surface area contributed by atoms with Gasteiger partial charge in [0.05, 0.1) is 5.52 Å². The number of rotatable bonds is 2. The molecule has 0 unspecified atom stereocenters. The Labute approximate surface area is 80.1 Å². The molecule has 14 heavy (non-hydrogen) atoms. The number of para-hydroxylation sites is 1. The summed E-state index contributed by atoms with van der Waals surface area (Å²) in [6.45, 7) is 0.0957. The summed E-state index contributed by atoms with van der Waals surface area (Å²) in [4.78, 5) is 14.0. The quantitative estimate of drug-likeness (QED) is 0.667. The molecule has 1 aromatic heterocycles. The van der Waals surface area contributed by atoms with E-state index in [0.717, 1.165) is 11.0 Å². The van der Waals surface area contributed by atoms with E-state index in [4.69, 9.17) is 10.5 Å². The number of imidazole rings is 1. The van der Waals surface area contributed by atoms with E-state index < -0.39 is 0 Å². The second-order valence-corrected chi connectivity index (χ2v) is 2.95. The molecule has 0 amide bonds. The number of aromatic amines is 1. The van der Waals surface area contributed by atoms with Gasteiger partial charge in [-0.15, -0.1) is 0 Å². The van der Waals surface area contributed by atoms with E-state index >= 15 is 0 Å². The zero-order valence-electron chi connectivity index (χ0n) is 7.78. The Bertz CT molecular complexity index is 512. The van der Waals surface area contributed by atoms with Crippen molar-refractivity contribution in [3.63, 3.8) is 0 Å². The lowest BCUT2D eigenvalue weighted by Gasteiger charge is -2.04. The molecule has 0 saturated carbocycles. The molecule has 0 saturated heterocycles. The van der Waals surface area contributed by atoms with Crippen LogP contribution < -0.4 is 16.2 Å². The highest BCUT2D eigenvalue weighted by atomic mass is 16.5. The van der Waals surface area contributed by atoms with Gasteiger partial charge in [-0.25, -0.2) is 4.79 Å². The summed E-state index contributed by atoms with van der Waals surface area (Å²) in [5, 5.41) is 0. The topological polar surface area (TPSA) is 73.0 Å². The first-order chi connectivity index (χ1) is 6.74. The summed E-state index contributed by atoms with van der Waals surface area (Å²) in [7, 11) is 1.69. The first-order valence-corrected chi connectivity index (χ1v) is 4.24. The lowest BCUT2D eigenvalue weighted by atomic mass is 10.3. The van der Waals surface area contributed by atoms with Gasteiger partial charge in [-0.1, -0.05) is 6.07 Å². The number of hydrogen-bond donors (Lipinski definition) is 2. The van der Waals surface area contributed by atoms with Gasteiger partial charge >= 0.3 is 5.69 Å². The molecule has 74 valence electrons. The fourth-order valence-corrected chi connectivity index (χ4v) is 1.48. The monoisotopic (exact) mass is 193 g/mol. The van der Waals surface area contributed by atoms with Gasteiger partial charge in [0.2, 0.25) is 0 Å². The number of nitrogens with one attached hydrogen (secondary N) is 1. The summed E-state index contributed by atoms with van der Waals surface area (Å²) in [6.07, 6.45) is 0. The molecular weight excluding hydrogens is 182 g/mol. The van der Waals surface area contributed by atoms with Crippen LogP contribution >= 0.6 is 0 Å². The van der Waals surface area contributed by atoms with Crippen LogP contribution in [0.15, 0.2) is 23.0 Å². The van der Waals surface area contributed by atoms with Crippen molar-refractivity contribution in [1.29, 1.82) is 0 Å². The van der Waals surface area contributed by atoms with Gasteiger partial charge in [-0.3, -0.25) is 10.3 Å². The second-order valence-electron chi connectivity index (χ2n) is 2.95. The summed E-state index contributed by atoms with van der Waals surface area (Å²) in [5.41, 5.74) is 6.62. The molecule has 0 aliphatic heterocycles. The van der Waals surface area contributed by atoms with Gasteiger partial charge in [0.1, 0.15) is 18.0 Å². The van der Waals surface area contributed by atoms with E-state index in [1.165, 1.54) is 4.57 Å². The number of fused-ring (bicyclic) bond motifs is 1. The normalized spacial score (nSPS) is 10.7. The average molecular weight is 193 g/mol. The molecule has 0 fully saturated rings. The molecule has 0 bridgehead atoms. The van der Waals surface area contributed by atoms with Crippen LogP contribution in [0.4, 0.5) is 0 Å². The lowest BCUT2D eigenvalue weighted by molar-refractivity contribution is 0.332. The molecule has 3 N–H and O–H groups in total. The van der Waals surface area contributed by atoms with Crippen LogP contribution in [0, 0.1) is 0 Å². The maximum absolute atomic E-state index is 11.3. The zero-order chi connectivity index (χ0) is 10.1. The third kappa shape index (κ3) is 1.18. The number of aryl methyl sites for hydroxylation is 1. The van der Waals surface area contributed by atoms with Crippen LogP contribution in [0.25, 0.3) is 11.0 Å². The number of nitrogens with zero attached hydrogens (tertiary/aromatic N) is 1. The minimum atomic E-state index is -0.159. The van der Waals surface area contributed by atoms with Gasteiger partial charge in [-0.2, -0.15) is 0 Å². The van der Waals surface area contributed by atoms with Crippen LogP contribution in [0.2, 0.25) is 0 Å². The summed E-state index contributed by atoms with van der Waals surface area (Å²) in [6, 6.07) is 5.41. The molecule has 5 heteroatoms. The number of benzene rings is 1. The third-order valence-corrected chi connectivity index (χ3v) is 2.12. The van der Waals surface area contributed by atoms with Crippen molar-refractivity contribution in [2.24, 2.45) is 12.8 Å². The minimum absolute atomic E-state index is 0.0957. The fourth-order valence-electron chi connectivity index (χ4n) is 1.48. The SMILES string of the molecule is Cn1c(=O)[nH]c2cccc(OCN)c21. The highest BCUT2D eigenvalue weighted by molar-refractivity contribution is 5.81. The van der Waals surface area contributed by atoms with Crippen molar-refractivity contribution < 1.29 is 4.74 Å². The molecule has 2 aromatic rings. The first kappa shape index (κ1) is 8.83. The Balaban J connectivity index is 2.77. The van der Waals surface area contributed by atoms with Crippen molar-refractivity contribution in [2.75, 3.05) is 6.73 Å². The Morgan fingerprint density at radius 3 is 3.07 bits per heavy atom. The van der Waals surface area contributed by atoms with Gasteiger partial charge in [-0.05, 0) is 12.1 Å². The fraction of sp³-hybridized carbons (Fsp3) is 0.222. The Morgan fingerprint density at radius 1 is 1.57 bits per heavy atom. The van der Waals surface area contributed by atoms with E-state index in [-0.39, 0.29) is 12.4 Å².